The van der Waals surface area contributed by atoms with Gasteiger partial charge in [-0.15, -0.1) is 0 Å². The van der Waals surface area contributed by atoms with Gasteiger partial charge in [-0.3, -0.25) is 14.4 Å². The van der Waals surface area contributed by atoms with Crippen LogP contribution in [0.4, 0.5) is 0 Å². The number of Topliss-reactive ketones (excluding diaryl/α,β-unsaturated/α-hetero) is 1. The Morgan fingerprint density at radius 1 is 1.00 bits per heavy atom. The summed E-state index contributed by atoms with van der Waals surface area (Å²) >= 11 is 0. The third kappa shape index (κ3) is 4.98. The van der Waals surface area contributed by atoms with Gasteiger partial charge in [0, 0.05) is 44.0 Å². The predicted octanol–water partition coefficient (Wildman–Crippen LogP) is 2.81. The molecule has 3 aliphatic rings. The number of nitrogens with zero attached hydrogens (tertiary/aromatic N) is 5. The van der Waals surface area contributed by atoms with Crippen molar-refractivity contribution < 1.29 is 28.9 Å². The van der Waals surface area contributed by atoms with E-state index in [0.717, 1.165) is 10.1 Å². The number of phenolic OH excluding ortho intramolecular Hbond substituents is 1. The summed E-state index contributed by atoms with van der Waals surface area (Å²) in [6.45, 7) is 5.45. The molecule has 0 amide bonds. The Balaban J connectivity index is 1.30. The van der Waals surface area contributed by atoms with Gasteiger partial charge in [0.2, 0.25) is 0 Å². The maximum absolute atomic E-state index is 14.2. The van der Waals surface area contributed by atoms with Crippen molar-refractivity contribution in [2.45, 2.75) is 58.7 Å². The lowest BCUT2D eigenvalue weighted by Gasteiger charge is -2.52. The van der Waals surface area contributed by atoms with Crippen LogP contribution in [0.15, 0.2) is 68.0 Å². The summed E-state index contributed by atoms with van der Waals surface area (Å²) in [6, 6.07) is 7.49. The Bertz CT molecular complexity index is 2390. The number of hydrogen-bond acceptors (Lipinski definition) is 10. The van der Waals surface area contributed by atoms with Gasteiger partial charge in [-0.05, 0) is 55.2 Å². The van der Waals surface area contributed by atoms with Crippen LogP contribution >= 0.6 is 0 Å². The average Bonchev–Trinajstić information content (AvgIpc) is 3.36. The number of aromatic nitrogens is 5. The number of hydrogen-bond donors (Lipinski definition) is 1. The molecule has 4 aromatic rings. The fourth-order valence-corrected chi connectivity index (χ4v) is 8.35. The van der Waals surface area contributed by atoms with E-state index in [9.17, 15) is 29.1 Å². The van der Waals surface area contributed by atoms with Gasteiger partial charge in [-0.25, -0.2) is 28.5 Å². The fraction of sp³-hybridized carbons (Fsp3) is 0.405. The van der Waals surface area contributed by atoms with E-state index in [2.05, 4.69) is 4.98 Å². The summed E-state index contributed by atoms with van der Waals surface area (Å²) in [5.74, 6) is -0.793. The first-order valence-corrected chi connectivity index (χ1v) is 16.8. The highest BCUT2D eigenvalue weighted by Gasteiger charge is 2.59. The maximum Gasteiger partial charge on any atom is 0.347 e. The van der Waals surface area contributed by atoms with E-state index in [4.69, 9.17) is 14.2 Å². The first kappa shape index (κ1) is 33.8. The Kier molecular flexibility index (Phi) is 8.15. The second-order valence-corrected chi connectivity index (χ2v) is 13.5. The molecule has 0 saturated heterocycles. The van der Waals surface area contributed by atoms with Crippen molar-refractivity contribution >= 4 is 22.6 Å². The van der Waals surface area contributed by atoms with Gasteiger partial charge in [-0.1, -0.05) is 19.1 Å². The Hall–Kier alpha value is -5.66. The number of fused-ring (bicyclic) bond motifs is 5. The van der Waals surface area contributed by atoms with Gasteiger partial charge in [0.25, 0.3) is 5.56 Å². The topological polar surface area (TPSA) is 166 Å². The number of rotatable bonds is 8. The number of aromatic hydroxyl groups is 1. The van der Waals surface area contributed by atoms with Crippen molar-refractivity contribution in [3.63, 3.8) is 0 Å². The van der Waals surface area contributed by atoms with Crippen LogP contribution in [0.5, 0.6) is 23.0 Å². The Labute approximate surface area is 291 Å². The molecular formula is C37H39N5O9. The minimum Gasteiger partial charge on any atom is -0.504 e. The number of carbonyl (C=O) groups is 2. The zero-order valence-electron chi connectivity index (χ0n) is 29.3. The third-order valence-electron chi connectivity index (χ3n) is 10.8. The van der Waals surface area contributed by atoms with Gasteiger partial charge in [-0.2, -0.15) is 0 Å². The number of aryl methyl sites for hydroxylation is 2. The van der Waals surface area contributed by atoms with Gasteiger partial charge in [0.05, 0.1) is 49.9 Å². The highest BCUT2D eigenvalue weighted by atomic mass is 16.5. The van der Waals surface area contributed by atoms with Crippen molar-refractivity contribution in [2.75, 3.05) is 20.8 Å². The highest BCUT2D eigenvalue weighted by molar-refractivity contribution is 6.13. The normalized spacial score (nSPS) is 22.5. The zero-order valence-corrected chi connectivity index (χ0v) is 29.3. The second kappa shape index (κ2) is 12.3. The van der Waals surface area contributed by atoms with Crippen LogP contribution < -0.4 is 31.1 Å². The zero-order chi connectivity index (χ0) is 36.5. The molecular weight excluding hydrogens is 658 g/mol. The molecule has 4 atom stereocenters. The standard InChI is InChI=1S/C37H39N5O9/c1-7-51-29-15-20(8-9-27(29)43)32-21-10-13-41-35(47)40(36(48)42(41)25(21)16-22-28(44)14-19(2)33(45)37(22,32)3)12-11-23-34(46)39(4)26-18-31(50-6)30(49-5)17-24(26)38-23/h8-10,14-15,17-18,22,25,32,43H,7,11-13,16H2,1-6H3/t22-,25+,32-,37+/m0/s1. The Morgan fingerprint density at radius 2 is 1.73 bits per heavy atom. The summed E-state index contributed by atoms with van der Waals surface area (Å²) in [6.07, 6.45) is 3.36. The number of ketones is 2. The number of allylic oxidation sites excluding steroid dienone is 4. The van der Waals surface area contributed by atoms with Gasteiger partial charge in [0.1, 0.15) is 5.69 Å². The first-order chi connectivity index (χ1) is 24.3. The lowest BCUT2D eigenvalue weighted by atomic mass is 9.51. The van der Waals surface area contributed by atoms with E-state index in [1.165, 1.54) is 40.3 Å². The molecule has 2 aliphatic carbocycles. The quantitative estimate of drug-likeness (QED) is 0.271. The van der Waals surface area contributed by atoms with Gasteiger partial charge in [0.15, 0.2) is 34.6 Å². The molecule has 0 bridgehead atoms. The van der Waals surface area contributed by atoms with Crippen LogP contribution in [0.25, 0.3) is 11.0 Å². The maximum atomic E-state index is 14.2. The van der Waals surface area contributed by atoms with Crippen molar-refractivity contribution in [1.82, 2.24) is 23.5 Å². The molecule has 1 saturated carbocycles. The number of phenols is 1. The third-order valence-corrected chi connectivity index (χ3v) is 10.8. The monoisotopic (exact) mass is 697 g/mol. The van der Waals surface area contributed by atoms with E-state index in [1.807, 2.05) is 6.08 Å². The van der Waals surface area contributed by atoms with E-state index >= 15 is 0 Å². The molecule has 0 radical (unpaired) electrons. The number of carbonyl (C=O) groups excluding carboxylic acids is 2. The van der Waals surface area contributed by atoms with Crippen LogP contribution in [0.3, 0.4) is 0 Å². The molecule has 7 rings (SSSR count). The molecule has 1 fully saturated rings. The lowest BCUT2D eigenvalue weighted by molar-refractivity contribution is -0.139. The largest absolute Gasteiger partial charge is 0.504 e. The van der Waals surface area contributed by atoms with E-state index < -0.39 is 34.7 Å². The molecule has 1 aliphatic heterocycles. The van der Waals surface area contributed by atoms with Crippen LogP contribution in [-0.4, -0.2) is 61.0 Å². The summed E-state index contributed by atoms with van der Waals surface area (Å²) in [4.78, 5) is 73.7. The van der Waals surface area contributed by atoms with Gasteiger partial charge < -0.3 is 23.9 Å². The molecule has 266 valence electrons. The van der Waals surface area contributed by atoms with Crippen LogP contribution in [-0.2, 0) is 36.1 Å². The van der Waals surface area contributed by atoms with E-state index in [1.54, 1.807) is 52.1 Å². The summed E-state index contributed by atoms with van der Waals surface area (Å²) in [7, 11) is 4.61. The Morgan fingerprint density at radius 3 is 2.43 bits per heavy atom. The summed E-state index contributed by atoms with van der Waals surface area (Å²) in [5.41, 5.74) is 0.169. The summed E-state index contributed by atoms with van der Waals surface area (Å²) in [5, 5.41) is 10.5. The van der Waals surface area contributed by atoms with E-state index in [-0.39, 0.29) is 60.2 Å². The molecule has 1 N–H and O–H groups in total. The molecule has 2 aromatic heterocycles. The summed E-state index contributed by atoms with van der Waals surface area (Å²) < 4.78 is 21.7. The lowest BCUT2D eigenvalue weighted by Crippen LogP contribution is -2.54. The molecule has 0 spiro atoms. The first-order valence-electron chi connectivity index (χ1n) is 16.8. The van der Waals surface area contributed by atoms with Crippen LogP contribution in [0.2, 0.25) is 0 Å². The number of methoxy groups -OCH3 is 2. The number of ether oxygens (including phenoxy) is 3. The molecule has 3 heterocycles. The minimum atomic E-state index is -1.19. The minimum absolute atomic E-state index is 0.00480. The molecule has 14 nitrogen and oxygen atoms in total. The molecule has 51 heavy (non-hydrogen) atoms. The molecule has 14 heteroatoms. The van der Waals surface area contributed by atoms with Crippen molar-refractivity contribution in [3.05, 3.63) is 96.2 Å². The van der Waals surface area contributed by atoms with Crippen molar-refractivity contribution in [1.29, 1.82) is 0 Å². The van der Waals surface area contributed by atoms with Gasteiger partial charge >= 0.3 is 11.4 Å². The smallest absolute Gasteiger partial charge is 0.347 e. The van der Waals surface area contributed by atoms with E-state index in [0.29, 0.717) is 40.3 Å². The van der Waals surface area contributed by atoms with Crippen LogP contribution in [0.1, 0.15) is 50.4 Å². The molecule has 2 aromatic carbocycles. The SMILES string of the molecule is CCOc1cc([C@H]2C3=CCn4c(=O)n(CCc5nc6cc(OC)c(OC)cc6n(C)c5=O)c(=O)n4[C@@H]3C[C@H]3C(=O)C=C(C)C(=O)[C@@]23C)ccc1O. The van der Waals surface area contributed by atoms with Crippen molar-refractivity contribution in [3.8, 4) is 23.0 Å². The predicted molar refractivity (Wildman–Crippen MR) is 186 cm³/mol. The molecule has 0 unspecified atom stereocenters. The number of benzene rings is 2. The average molecular weight is 698 g/mol. The van der Waals surface area contributed by atoms with Crippen LogP contribution in [0, 0.1) is 11.3 Å². The highest BCUT2D eigenvalue weighted by Crippen LogP contribution is 2.60. The van der Waals surface area contributed by atoms with Crippen molar-refractivity contribution in [2.24, 2.45) is 18.4 Å². The second-order valence-electron chi connectivity index (χ2n) is 13.5. The fourth-order valence-electron chi connectivity index (χ4n) is 8.35.